The quantitative estimate of drug-likeness (QED) is 0.638. The summed E-state index contributed by atoms with van der Waals surface area (Å²) in [5.41, 5.74) is 1.70. The molecule has 0 amide bonds. The number of aryl methyl sites for hydroxylation is 1. The summed E-state index contributed by atoms with van der Waals surface area (Å²) in [4.78, 5) is 30.3. The van der Waals surface area contributed by atoms with Gasteiger partial charge in [-0.2, -0.15) is 0 Å². The molecule has 1 aromatic carbocycles. The van der Waals surface area contributed by atoms with Crippen LogP contribution >= 0.6 is 23.4 Å². The van der Waals surface area contributed by atoms with Crippen LogP contribution in [0.15, 0.2) is 44.9 Å². The van der Waals surface area contributed by atoms with E-state index in [0.29, 0.717) is 21.8 Å². The molecule has 0 saturated carbocycles. The van der Waals surface area contributed by atoms with E-state index in [1.807, 2.05) is 24.3 Å². The molecule has 0 fully saturated rings. The first-order valence-corrected chi connectivity index (χ1v) is 9.64. The molecule has 0 aliphatic heterocycles. The number of aromatic nitrogens is 3. The van der Waals surface area contributed by atoms with Gasteiger partial charge in [-0.05, 0) is 23.1 Å². The van der Waals surface area contributed by atoms with Gasteiger partial charge in [0.15, 0.2) is 0 Å². The van der Waals surface area contributed by atoms with Crippen molar-refractivity contribution < 1.29 is 0 Å². The van der Waals surface area contributed by atoms with E-state index in [4.69, 9.17) is 11.6 Å². The molecule has 7 heteroatoms. The van der Waals surface area contributed by atoms with Crippen molar-refractivity contribution in [1.82, 2.24) is 14.1 Å². The van der Waals surface area contributed by atoms with E-state index >= 15 is 0 Å². The highest BCUT2D eigenvalue weighted by Crippen LogP contribution is 2.35. The van der Waals surface area contributed by atoms with E-state index in [1.54, 1.807) is 25.0 Å². The number of thioether (sulfide) groups is 1. The summed E-state index contributed by atoms with van der Waals surface area (Å²) in [7, 11) is 3.13. The van der Waals surface area contributed by atoms with Crippen LogP contribution in [0.1, 0.15) is 30.9 Å². The van der Waals surface area contributed by atoms with Crippen LogP contribution in [0.25, 0.3) is 11.0 Å². The van der Waals surface area contributed by atoms with Gasteiger partial charge in [0.25, 0.3) is 5.56 Å². The molecular weight excluding hydrogens is 370 g/mol. The number of nitrogens with zero attached hydrogens (tertiary/aromatic N) is 3. The first-order chi connectivity index (χ1) is 12.3. The largest absolute Gasteiger partial charge is 0.332 e. The molecule has 0 N–H and O–H groups in total. The van der Waals surface area contributed by atoms with Gasteiger partial charge in [0, 0.05) is 36.0 Å². The van der Waals surface area contributed by atoms with E-state index in [1.165, 1.54) is 11.6 Å². The molecule has 3 rings (SSSR count). The van der Waals surface area contributed by atoms with Crippen LogP contribution in [0.5, 0.6) is 0 Å². The fourth-order valence-corrected chi connectivity index (χ4v) is 4.46. The van der Waals surface area contributed by atoms with Crippen molar-refractivity contribution in [1.29, 1.82) is 0 Å². The zero-order valence-electron chi connectivity index (χ0n) is 15.1. The molecule has 0 aliphatic rings. The summed E-state index contributed by atoms with van der Waals surface area (Å²) < 4.78 is 2.55. The second kappa shape index (κ2) is 7.29. The highest BCUT2D eigenvalue weighted by Gasteiger charge is 2.19. The van der Waals surface area contributed by atoms with E-state index in [0.717, 1.165) is 20.6 Å². The molecule has 0 radical (unpaired) electrons. The van der Waals surface area contributed by atoms with Crippen molar-refractivity contribution in [2.75, 3.05) is 0 Å². The number of hydrogen-bond acceptors (Lipinski definition) is 4. The second-order valence-electron chi connectivity index (χ2n) is 6.48. The van der Waals surface area contributed by atoms with E-state index < -0.39 is 0 Å². The Hall–Kier alpha value is -2.05. The minimum absolute atomic E-state index is 0.197. The average molecular weight is 390 g/mol. The minimum Gasteiger partial charge on any atom is -0.280 e. The number of pyridine rings is 1. The third-order valence-electron chi connectivity index (χ3n) is 4.40. The summed E-state index contributed by atoms with van der Waals surface area (Å²) in [5.74, 6) is 0.826. The second-order valence-corrected chi connectivity index (χ2v) is 7.87. The Morgan fingerprint density at radius 3 is 2.50 bits per heavy atom. The molecule has 0 spiro atoms. The van der Waals surface area contributed by atoms with Crippen LogP contribution < -0.4 is 11.2 Å². The Morgan fingerprint density at radius 1 is 1.15 bits per heavy atom. The lowest BCUT2D eigenvalue weighted by molar-refractivity contribution is 0.703. The summed E-state index contributed by atoms with van der Waals surface area (Å²) >= 11 is 7.83. The first-order valence-electron chi connectivity index (χ1n) is 8.27. The Balaban J connectivity index is 2.24. The Kier molecular flexibility index (Phi) is 5.25. The highest BCUT2D eigenvalue weighted by molar-refractivity contribution is 7.98. The zero-order chi connectivity index (χ0) is 19.0. The van der Waals surface area contributed by atoms with Gasteiger partial charge >= 0.3 is 5.69 Å². The smallest absolute Gasteiger partial charge is 0.280 e. The van der Waals surface area contributed by atoms with Crippen molar-refractivity contribution in [3.05, 3.63) is 67.4 Å². The van der Waals surface area contributed by atoms with Crippen molar-refractivity contribution >= 4 is 34.4 Å². The van der Waals surface area contributed by atoms with E-state index in [-0.39, 0.29) is 17.2 Å². The SMILES string of the molecule is CC(C)c1cnc2c(c1SCc1ccccc1Cl)c(=O)n(C)c(=O)n2C. The third kappa shape index (κ3) is 3.19. The molecule has 2 heterocycles. The lowest BCUT2D eigenvalue weighted by Crippen LogP contribution is -2.37. The number of fused-ring (bicyclic) bond motifs is 1. The zero-order valence-corrected chi connectivity index (χ0v) is 16.7. The normalized spacial score (nSPS) is 11.5. The van der Waals surface area contributed by atoms with E-state index in [9.17, 15) is 9.59 Å². The standard InChI is InChI=1S/C19H20ClN3O2S/c1-11(2)13-9-21-17-15(18(24)23(4)19(25)22(17)3)16(13)26-10-12-7-5-6-8-14(12)20/h5-9,11H,10H2,1-4H3. The number of rotatable bonds is 4. The number of hydrogen-bond donors (Lipinski definition) is 0. The topological polar surface area (TPSA) is 56.9 Å². The molecule has 5 nitrogen and oxygen atoms in total. The summed E-state index contributed by atoms with van der Waals surface area (Å²) in [5, 5.41) is 1.18. The Labute approximate surface area is 160 Å². The van der Waals surface area contributed by atoms with Gasteiger partial charge in [-0.15, -0.1) is 11.8 Å². The summed E-state index contributed by atoms with van der Waals surface area (Å²) in [6.07, 6.45) is 1.76. The third-order valence-corrected chi connectivity index (χ3v) is 5.95. The van der Waals surface area contributed by atoms with Crippen LogP contribution in [-0.2, 0) is 19.8 Å². The Bertz CT molecular complexity index is 1100. The Morgan fingerprint density at radius 2 is 1.85 bits per heavy atom. The maximum atomic E-state index is 12.8. The number of halogens is 1. The van der Waals surface area contributed by atoms with Crippen LogP contribution in [0.3, 0.4) is 0 Å². The molecule has 0 unspecified atom stereocenters. The van der Waals surface area contributed by atoms with Crippen LogP contribution in [0, 0.1) is 0 Å². The van der Waals surface area contributed by atoms with Crippen LogP contribution in [0.4, 0.5) is 0 Å². The lowest BCUT2D eigenvalue weighted by atomic mass is 10.0. The fraction of sp³-hybridized carbons (Fsp3) is 0.316. The lowest BCUT2D eigenvalue weighted by Gasteiger charge is -2.16. The molecule has 0 bridgehead atoms. The van der Waals surface area contributed by atoms with Crippen molar-refractivity contribution in [3.8, 4) is 0 Å². The highest BCUT2D eigenvalue weighted by atomic mass is 35.5. The average Bonchev–Trinajstić information content (AvgIpc) is 2.63. The molecule has 3 aromatic rings. The van der Waals surface area contributed by atoms with E-state index in [2.05, 4.69) is 18.8 Å². The predicted octanol–water partition coefficient (Wildman–Crippen LogP) is 3.70. The molecule has 0 atom stereocenters. The molecule has 26 heavy (non-hydrogen) atoms. The van der Waals surface area contributed by atoms with Crippen LogP contribution in [0.2, 0.25) is 5.02 Å². The molecule has 2 aromatic heterocycles. The van der Waals surface area contributed by atoms with Gasteiger partial charge < -0.3 is 0 Å². The minimum atomic E-state index is -0.380. The monoisotopic (exact) mass is 389 g/mol. The maximum Gasteiger partial charge on any atom is 0.332 e. The predicted molar refractivity (Wildman–Crippen MR) is 107 cm³/mol. The van der Waals surface area contributed by atoms with Crippen molar-refractivity contribution in [3.63, 3.8) is 0 Å². The van der Waals surface area contributed by atoms with Crippen LogP contribution in [-0.4, -0.2) is 14.1 Å². The van der Waals surface area contributed by atoms with Gasteiger partial charge in [-0.25, -0.2) is 9.78 Å². The summed E-state index contributed by atoms with van der Waals surface area (Å²) in [6.45, 7) is 4.13. The van der Waals surface area contributed by atoms with Crippen molar-refractivity contribution in [2.45, 2.75) is 30.4 Å². The number of benzene rings is 1. The molecular formula is C19H20ClN3O2S. The van der Waals surface area contributed by atoms with Gasteiger partial charge in [-0.3, -0.25) is 13.9 Å². The maximum absolute atomic E-state index is 12.8. The van der Waals surface area contributed by atoms with Gasteiger partial charge in [0.1, 0.15) is 5.65 Å². The van der Waals surface area contributed by atoms with Gasteiger partial charge in [-0.1, -0.05) is 43.6 Å². The molecule has 0 aliphatic carbocycles. The van der Waals surface area contributed by atoms with Gasteiger partial charge in [0.2, 0.25) is 0 Å². The van der Waals surface area contributed by atoms with Gasteiger partial charge in [0.05, 0.1) is 5.39 Å². The molecule has 0 saturated heterocycles. The molecule has 136 valence electrons. The fourth-order valence-electron chi connectivity index (χ4n) is 2.85. The summed E-state index contributed by atoms with van der Waals surface area (Å²) in [6, 6.07) is 7.66. The first kappa shape index (κ1) is 18.7. The van der Waals surface area contributed by atoms with Crippen molar-refractivity contribution in [2.24, 2.45) is 14.1 Å².